The topological polar surface area (TPSA) is 88.6 Å². The SMILES string of the molecule is CN(CC1CC(O)C1)C(=O)c1cc([N+](=O)[O-])cn1C. The molecule has 1 amide bonds. The zero-order chi connectivity index (χ0) is 14.2. The van der Waals surface area contributed by atoms with E-state index < -0.39 is 4.92 Å². The summed E-state index contributed by atoms with van der Waals surface area (Å²) in [6.45, 7) is 0.564. The minimum atomic E-state index is -0.515. The average Bonchev–Trinajstić information content (AvgIpc) is 2.68. The van der Waals surface area contributed by atoms with Gasteiger partial charge in [-0.25, -0.2) is 0 Å². The predicted molar refractivity (Wildman–Crippen MR) is 67.8 cm³/mol. The summed E-state index contributed by atoms with van der Waals surface area (Å²) >= 11 is 0. The van der Waals surface area contributed by atoms with E-state index in [-0.39, 0.29) is 17.7 Å². The van der Waals surface area contributed by atoms with Crippen molar-refractivity contribution in [1.29, 1.82) is 0 Å². The van der Waals surface area contributed by atoms with Crippen molar-refractivity contribution in [3.63, 3.8) is 0 Å². The van der Waals surface area contributed by atoms with Crippen molar-refractivity contribution < 1.29 is 14.8 Å². The zero-order valence-corrected chi connectivity index (χ0v) is 10.9. The van der Waals surface area contributed by atoms with E-state index in [0.29, 0.717) is 31.0 Å². The van der Waals surface area contributed by atoms with Gasteiger partial charge in [-0.15, -0.1) is 0 Å². The first-order valence-electron chi connectivity index (χ1n) is 6.12. The minimum Gasteiger partial charge on any atom is -0.393 e. The number of rotatable bonds is 4. The maximum Gasteiger partial charge on any atom is 0.287 e. The largest absolute Gasteiger partial charge is 0.393 e. The lowest BCUT2D eigenvalue weighted by Gasteiger charge is -2.34. The highest BCUT2D eigenvalue weighted by atomic mass is 16.6. The molecule has 1 aromatic rings. The third kappa shape index (κ3) is 2.76. The first-order valence-corrected chi connectivity index (χ1v) is 6.12. The summed E-state index contributed by atoms with van der Waals surface area (Å²) in [5.74, 6) is 0.0798. The second-order valence-electron chi connectivity index (χ2n) is 5.13. The fourth-order valence-corrected chi connectivity index (χ4v) is 2.37. The molecular formula is C12H17N3O4. The van der Waals surface area contributed by atoms with E-state index in [1.807, 2.05) is 0 Å². The van der Waals surface area contributed by atoms with E-state index >= 15 is 0 Å². The molecule has 1 aliphatic rings. The van der Waals surface area contributed by atoms with Crippen molar-refractivity contribution in [1.82, 2.24) is 9.47 Å². The van der Waals surface area contributed by atoms with Gasteiger partial charge in [0.2, 0.25) is 0 Å². The fraction of sp³-hybridized carbons (Fsp3) is 0.583. The second kappa shape index (κ2) is 5.00. The molecule has 0 saturated heterocycles. The standard InChI is InChI=1S/C12H17N3O4/c1-13-7-9(15(18)19)5-11(13)12(17)14(2)6-8-3-10(16)4-8/h5,7-8,10,16H,3-4,6H2,1-2H3. The summed E-state index contributed by atoms with van der Waals surface area (Å²) in [6.07, 6.45) is 2.51. The van der Waals surface area contributed by atoms with E-state index in [4.69, 9.17) is 0 Å². The Kier molecular flexibility index (Phi) is 3.57. The Morgan fingerprint density at radius 3 is 2.74 bits per heavy atom. The van der Waals surface area contributed by atoms with Crippen LogP contribution in [0, 0.1) is 16.0 Å². The Labute approximate surface area is 110 Å². The highest BCUT2D eigenvalue weighted by Gasteiger charge is 2.30. The first kappa shape index (κ1) is 13.5. The molecule has 0 atom stereocenters. The summed E-state index contributed by atoms with van der Waals surface area (Å²) < 4.78 is 1.46. The van der Waals surface area contributed by atoms with Gasteiger partial charge in [-0.05, 0) is 18.8 Å². The maximum absolute atomic E-state index is 12.2. The van der Waals surface area contributed by atoms with Gasteiger partial charge in [-0.1, -0.05) is 0 Å². The number of aliphatic hydroxyl groups is 1. The lowest BCUT2D eigenvalue weighted by Crippen LogP contribution is -2.39. The van der Waals surface area contributed by atoms with Gasteiger partial charge in [0.25, 0.3) is 11.6 Å². The Balaban J connectivity index is 2.04. The number of nitro groups is 1. The molecule has 7 heteroatoms. The van der Waals surface area contributed by atoms with Gasteiger partial charge in [-0.3, -0.25) is 14.9 Å². The van der Waals surface area contributed by atoms with Crippen LogP contribution >= 0.6 is 0 Å². The van der Waals surface area contributed by atoms with Crippen LogP contribution in [-0.2, 0) is 7.05 Å². The van der Waals surface area contributed by atoms with E-state index in [9.17, 15) is 20.0 Å². The van der Waals surface area contributed by atoms with Crippen molar-refractivity contribution in [3.8, 4) is 0 Å². The molecule has 0 aromatic carbocycles. The normalized spacial score (nSPS) is 21.8. The molecule has 1 saturated carbocycles. The van der Waals surface area contributed by atoms with E-state index in [1.165, 1.54) is 16.8 Å². The van der Waals surface area contributed by atoms with Crippen molar-refractivity contribution in [2.75, 3.05) is 13.6 Å². The number of carbonyl (C=O) groups is 1. The van der Waals surface area contributed by atoms with Gasteiger partial charge in [0.15, 0.2) is 0 Å². The van der Waals surface area contributed by atoms with Crippen LogP contribution in [0.2, 0.25) is 0 Å². The fourth-order valence-electron chi connectivity index (χ4n) is 2.37. The minimum absolute atomic E-state index is 0.0849. The molecule has 1 N–H and O–H groups in total. The molecule has 1 aliphatic carbocycles. The van der Waals surface area contributed by atoms with Gasteiger partial charge >= 0.3 is 0 Å². The van der Waals surface area contributed by atoms with Gasteiger partial charge in [0, 0.05) is 26.7 Å². The lowest BCUT2D eigenvalue weighted by atomic mass is 9.82. The quantitative estimate of drug-likeness (QED) is 0.644. The number of aryl methyl sites for hydroxylation is 1. The van der Waals surface area contributed by atoms with E-state index in [2.05, 4.69) is 0 Å². The number of nitrogens with zero attached hydrogens (tertiary/aromatic N) is 3. The average molecular weight is 267 g/mol. The number of hydrogen-bond acceptors (Lipinski definition) is 4. The Morgan fingerprint density at radius 1 is 1.63 bits per heavy atom. The van der Waals surface area contributed by atoms with Crippen LogP contribution in [0.3, 0.4) is 0 Å². The van der Waals surface area contributed by atoms with E-state index in [1.54, 1.807) is 19.0 Å². The number of hydrogen-bond donors (Lipinski definition) is 1. The molecular weight excluding hydrogens is 250 g/mol. The van der Waals surface area contributed by atoms with Crippen molar-refractivity contribution >= 4 is 11.6 Å². The monoisotopic (exact) mass is 267 g/mol. The van der Waals surface area contributed by atoms with Crippen LogP contribution in [0.5, 0.6) is 0 Å². The third-order valence-electron chi connectivity index (χ3n) is 3.51. The van der Waals surface area contributed by atoms with Gasteiger partial charge < -0.3 is 14.6 Å². The highest BCUT2D eigenvalue weighted by Crippen LogP contribution is 2.28. The molecule has 7 nitrogen and oxygen atoms in total. The van der Waals surface area contributed by atoms with Crippen LogP contribution < -0.4 is 0 Å². The van der Waals surface area contributed by atoms with Crippen LogP contribution in [0.25, 0.3) is 0 Å². The van der Waals surface area contributed by atoms with Crippen molar-refractivity contribution in [2.24, 2.45) is 13.0 Å². The summed E-state index contributed by atoms with van der Waals surface area (Å²) in [4.78, 5) is 23.9. The summed E-state index contributed by atoms with van der Waals surface area (Å²) in [6, 6.07) is 1.29. The predicted octanol–water partition coefficient (Wildman–Crippen LogP) is 0.776. The summed E-state index contributed by atoms with van der Waals surface area (Å²) in [7, 11) is 3.28. The number of carbonyl (C=O) groups excluding carboxylic acids is 1. The molecule has 0 spiro atoms. The highest BCUT2D eigenvalue weighted by molar-refractivity contribution is 5.93. The van der Waals surface area contributed by atoms with Crippen LogP contribution in [-0.4, -0.2) is 45.1 Å². The van der Waals surface area contributed by atoms with Crippen molar-refractivity contribution in [3.05, 3.63) is 28.1 Å². The molecule has 0 unspecified atom stereocenters. The molecule has 2 rings (SSSR count). The lowest BCUT2D eigenvalue weighted by molar-refractivity contribution is -0.384. The van der Waals surface area contributed by atoms with Crippen LogP contribution in [0.15, 0.2) is 12.3 Å². The van der Waals surface area contributed by atoms with Crippen LogP contribution in [0.1, 0.15) is 23.3 Å². The van der Waals surface area contributed by atoms with E-state index in [0.717, 1.165) is 0 Å². The molecule has 0 aliphatic heterocycles. The number of amides is 1. The Hall–Kier alpha value is -1.89. The van der Waals surface area contributed by atoms with Crippen LogP contribution in [0.4, 0.5) is 5.69 Å². The molecule has 1 heterocycles. The van der Waals surface area contributed by atoms with Crippen molar-refractivity contribution in [2.45, 2.75) is 18.9 Å². The van der Waals surface area contributed by atoms with Gasteiger partial charge in [-0.2, -0.15) is 0 Å². The maximum atomic E-state index is 12.2. The summed E-state index contributed by atoms with van der Waals surface area (Å²) in [5.41, 5.74) is 0.215. The summed E-state index contributed by atoms with van der Waals surface area (Å²) in [5, 5.41) is 19.9. The molecule has 0 bridgehead atoms. The number of aromatic nitrogens is 1. The first-order chi connectivity index (χ1) is 8.88. The molecule has 1 aromatic heterocycles. The molecule has 1 fully saturated rings. The molecule has 0 radical (unpaired) electrons. The molecule has 19 heavy (non-hydrogen) atoms. The zero-order valence-electron chi connectivity index (χ0n) is 10.9. The third-order valence-corrected chi connectivity index (χ3v) is 3.51. The number of aliphatic hydroxyl groups excluding tert-OH is 1. The van der Waals surface area contributed by atoms with Gasteiger partial charge in [0.05, 0.1) is 17.2 Å². The van der Waals surface area contributed by atoms with Gasteiger partial charge in [0.1, 0.15) is 5.69 Å². The second-order valence-corrected chi connectivity index (χ2v) is 5.13. The Morgan fingerprint density at radius 2 is 2.26 bits per heavy atom. The molecule has 104 valence electrons. The smallest absolute Gasteiger partial charge is 0.287 e. The Bertz CT molecular complexity index is 505.